The summed E-state index contributed by atoms with van der Waals surface area (Å²) in [6.45, 7) is 0. The van der Waals surface area contributed by atoms with E-state index >= 15 is 0 Å². The maximum Gasteiger partial charge on any atom is 0.0649 e. The van der Waals surface area contributed by atoms with E-state index < -0.39 is 0 Å². The lowest BCUT2D eigenvalue weighted by atomic mass is 9.92. The standard InChI is InChI=1S/C17H21N3/c1-18-17(14-10-12-9-13(12)11-14)16-7-8-19-20(16)15-5-3-2-4-6-15/h2-8,12-14,17-18H,9-11H2,1H3. The first-order valence-electron chi connectivity index (χ1n) is 7.63. The molecule has 1 heterocycles. The number of para-hydroxylation sites is 1. The Bertz CT molecular complexity index is 579. The normalized spacial score (nSPS) is 29.1. The largest absolute Gasteiger partial charge is 0.311 e. The third kappa shape index (κ3) is 1.97. The van der Waals surface area contributed by atoms with Crippen molar-refractivity contribution in [2.45, 2.75) is 25.3 Å². The summed E-state index contributed by atoms with van der Waals surface area (Å²) >= 11 is 0. The van der Waals surface area contributed by atoms with E-state index in [1.807, 2.05) is 12.3 Å². The zero-order chi connectivity index (χ0) is 13.5. The van der Waals surface area contributed by atoms with Crippen LogP contribution >= 0.6 is 0 Å². The summed E-state index contributed by atoms with van der Waals surface area (Å²) < 4.78 is 2.09. The van der Waals surface area contributed by atoms with Gasteiger partial charge in [0.2, 0.25) is 0 Å². The predicted molar refractivity (Wildman–Crippen MR) is 79.7 cm³/mol. The summed E-state index contributed by atoms with van der Waals surface area (Å²) in [7, 11) is 2.08. The molecule has 0 aliphatic heterocycles. The van der Waals surface area contributed by atoms with Gasteiger partial charge in [-0.3, -0.25) is 0 Å². The van der Waals surface area contributed by atoms with Crippen LogP contribution in [0.2, 0.25) is 0 Å². The van der Waals surface area contributed by atoms with Crippen molar-refractivity contribution in [2.24, 2.45) is 17.8 Å². The van der Waals surface area contributed by atoms with Crippen LogP contribution in [0.5, 0.6) is 0 Å². The molecule has 0 saturated heterocycles. The zero-order valence-electron chi connectivity index (χ0n) is 11.9. The summed E-state index contributed by atoms with van der Waals surface area (Å²) in [5.41, 5.74) is 2.45. The molecule has 4 rings (SSSR count). The van der Waals surface area contributed by atoms with Gasteiger partial charge in [0, 0.05) is 6.20 Å². The molecule has 2 aliphatic carbocycles. The van der Waals surface area contributed by atoms with Crippen molar-refractivity contribution >= 4 is 0 Å². The van der Waals surface area contributed by atoms with Gasteiger partial charge in [-0.25, -0.2) is 4.68 Å². The smallest absolute Gasteiger partial charge is 0.0649 e. The lowest BCUT2D eigenvalue weighted by molar-refractivity contribution is 0.348. The minimum absolute atomic E-state index is 0.422. The van der Waals surface area contributed by atoms with Crippen molar-refractivity contribution in [3.05, 3.63) is 48.3 Å². The molecule has 0 spiro atoms. The van der Waals surface area contributed by atoms with Crippen LogP contribution < -0.4 is 5.32 Å². The second-order valence-electron chi connectivity index (χ2n) is 6.26. The van der Waals surface area contributed by atoms with Crippen molar-refractivity contribution in [1.29, 1.82) is 0 Å². The van der Waals surface area contributed by atoms with Crippen molar-refractivity contribution in [1.82, 2.24) is 15.1 Å². The molecular weight excluding hydrogens is 246 g/mol. The highest BCUT2D eigenvalue weighted by atomic mass is 15.3. The van der Waals surface area contributed by atoms with Gasteiger partial charge in [-0.1, -0.05) is 18.2 Å². The van der Waals surface area contributed by atoms with Crippen LogP contribution in [0.3, 0.4) is 0 Å². The highest BCUT2D eigenvalue weighted by molar-refractivity contribution is 5.33. The van der Waals surface area contributed by atoms with Gasteiger partial charge in [0.1, 0.15) is 0 Å². The number of nitrogens with zero attached hydrogens (tertiary/aromatic N) is 2. The summed E-state index contributed by atoms with van der Waals surface area (Å²) in [4.78, 5) is 0. The van der Waals surface area contributed by atoms with Gasteiger partial charge in [0.05, 0.1) is 17.4 Å². The van der Waals surface area contributed by atoms with Gasteiger partial charge < -0.3 is 5.32 Å². The maximum absolute atomic E-state index is 4.53. The van der Waals surface area contributed by atoms with Crippen LogP contribution in [0.15, 0.2) is 42.6 Å². The SMILES string of the molecule is CNC(c1ccnn1-c1ccccc1)C1CC2CC2C1. The van der Waals surface area contributed by atoms with Crippen LogP contribution in [-0.2, 0) is 0 Å². The Hall–Kier alpha value is -1.61. The third-order valence-electron chi connectivity index (χ3n) is 5.05. The quantitative estimate of drug-likeness (QED) is 0.922. The third-order valence-corrected chi connectivity index (χ3v) is 5.05. The molecule has 0 radical (unpaired) electrons. The van der Waals surface area contributed by atoms with Gasteiger partial charge in [0.15, 0.2) is 0 Å². The Labute approximate surface area is 120 Å². The van der Waals surface area contributed by atoms with E-state index in [0.717, 1.165) is 23.4 Å². The molecule has 0 bridgehead atoms. The molecule has 20 heavy (non-hydrogen) atoms. The monoisotopic (exact) mass is 267 g/mol. The zero-order valence-corrected chi connectivity index (χ0v) is 11.9. The molecular formula is C17H21N3. The van der Waals surface area contributed by atoms with Gasteiger partial charge >= 0.3 is 0 Å². The van der Waals surface area contributed by atoms with Gasteiger partial charge in [-0.15, -0.1) is 0 Å². The molecule has 104 valence electrons. The summed E-state index contributed by atoms with van der Waals surface area (Å²) in [5, 5.41) is 8.07. The number of aromatic nitrogens is 2. The molecule has 2 saturated carbocycles. The number of benzene rings is 1. The lowest BCUT2D eigenvalue weighted by Gasteiger charge is -2.25. The van der Waals surface area contributed by atoms with E-state index in [0.29, 0.717) is 6.04 Å². The first-order valence-corrected chi connectivity index (χ1v) is 7.63. The Morgan fingerprint density at radius 2 is 1.85 bits per heavy atom. The topological polar surface area (TPSA) is 29.9 Å². The van der Waals surface area contributed by atoms with E-state index in [2.05, 4.69) is 52.5 Å². The molecule has 3 unspecified atom stereocenters. The Morgan fingerprint density at radius 1 is 1.10 bits per heavy atom. The number of fused-ring (bicyclic) bond motifs is 1. The van der Waals surface area contributed by atoms with Crippen LogP contribution in [0.4, 0.5) is 0 Å². The fourth-order valence-corrected chi connectivity index (χ4v) is 3.99. The van der Waals surface area contributed by atoms with Gasteiger partial charge in [-0.05, 0) is 62.3 Å². The molecule has 2 fully saturated rings. The van der Waals surface area contributed by atoms with Crippen molar-refractivity contribution in [3.8, 4) is 5.69 Å². The molecule has 2 aliphatic rings. The highest BCUT2D eigenvalue weighted by Crippen LogP contribution is 2.57. The van der Waals surface area contributed by atoms with Crippen LogP contribution in [0.1, 0.15) is 31.0 Å². The lowest BCUT2D eigenvalue weighted by Crippen LogP contribution is -2.27. The number of hydrogen-bond acceptors (Lipinski definition) is 2. The van der Waals surface area contributed by atoms with Crippen molar-refractivity contribution in [2.75, 3.05) is 7.05 Å². The van der Waals surface area contributed by atoms with Gasteiger partial charge in [-0.2, -0.15) is 5.10 Å². The van der Waals surface area contributed by atoms with E-state index in [4.69, 9.17) is 0 Å². The van der Waals surface area contributed by atoms with E-state index in [9.17, 15) is 0 Å². The first-order chi connectivity index (χ1) is 9.86. The fourth-order valence-electron chi connectivity index (χ4n) is 3.99. The van der Waals surface area contributed by atoms with Crippen LogP contribution in [-0.4, -0.2) is 16.8 Å². The molecule has 1 N–H and O–H groups in total. The minimum atomic E-state index is 0.422. The van der Waals surface area contributed by atoms with Crippen LogP contribution in [0.25, 0.3) is 5.69 Å². The number of rotatable bonds is 4. The second-order valence-corrected chi connectivity index (χ2v) is 6.26. The predicted octanol–water partition coefficient (Wildman–Crippen LogP) is 3.18. The van der Waals surface area contributed by atoms with E-state index in [1.54, 1.807) is 0 Å². The molecule has 3 heteroatoms. The number of nitrogens with one attached hydrogen (secondary N) is 1. The van der Waals surface area contributed by atoms with Crippen molar-refractivity contribution < 1.29 is 0 Å². The molecule has 1 aromatic heterocycles. The summed E-state index contributed by atoms with van der Waals surface area (Å²) in [6, 6.07) is 13.0. The molecule has 0 amide bonds. The fraction of sp³-hybridized carbons (Fsp3) is 0.471. The average Bonchev–Trinajstić information content (AvgIpc) is 2.92. The molecule has 3 nitrogen and oxygen atoms in total. The van der Waals surface area contributed by atoms with E-state index in [-0.39, 0.29) is 0 Å². The van der Waals surface area contributed by atoms with Gasteiger partial charge in [0.25, 0.3) is 0 Å². The maximum atomic E-state index is 4.53. The Balaban J connectivity index is 1.65. The molecule has 3 atom stereocenters. The van der Waals surface area contributed by atoms with E-state index in [1.165, 1.54) is 25.0 Å². The molecule has 1 aromatic carbocycles. The Kier molecular flexibility index (Phi) is 2.88. The average molecular weight is 267 g/mol. The minimum Gasteiger partial charge on any atom is -0.311 e. The molecule has 2 aromatic rings. The second kappa shape index (κ2) is 4.74. The summed E-state index contributed by atoms with van der Waals surface area (Å²) in [5.74, 6) is 2.80. The first kappa shape index (κ1) is 12.2. The Morgan fingerprint density at radius 3 is 2.55 bits per heavy atom. The van der Waals surface area contributed by atoms with Crippen molar-refractivity contribution in [3.63, 3.8) is 0 Å². The van der Waals surface area contributed by atoms with Crippen LogP contribution in [0, 0.1) is 17.8 Å². The number of hydrogen-bond donors (Lipinski definition) is 1. The summed E-state index contributed by atoms with van der Waals surface area (Å²) in [6.07, 6.45) is 6.17. The highest BCUT2D eigenvalue weighted by Gasteiger charge is 2.48.